The molecule has 1 heterocycles. The van der Waals surface area contributed by atoms with Gasteiger partial charge in [0.2, 0.25) is 0 Å². The Labute approximate surface area is 129 Å². The molecule has 0 saturated heterocycles. The number of rotatable bonds is 4. The Hall–Kier alpha value is -1.73. The van der Waals surface area contributed by atoms with Gasteiger partial charge in [-0.2, -0.15) is 4.73 Å². The monoisotopic (exact) mass is 312 g/mol. The molecule has 0 aliphatic rings. The van der Waals surface area contributed by atoms with E-state index in [0.29, 0.717) is 4.64 Å². The van der Waals surface area contributed by atoms with Crippen molar-refractivity contribution in [1.29, 1.82) is 0 Å². The fourth-order valence-electron chi connectivity index (χ4n) is 1.46. The van der Waals surface area contributed by atoms with Crippen molar-refractivity contribution in [1.82, 2.24) is 9.79 Å². The topological polar surface area (TPSA) is 60.8 Å². The van der Waals surface area contributed by atoms with E-state index in [1.807, 2.05) is 0 Å². The van der Waals surface area contributed by atoms with Gasteiger partial charge >= 0.3 is 5.97 Å². The van der Waals surface area contributed by atoms with Crippen molar-refractivity contribution in [3.8, 4) is 0 Å². The zero-order valence-electron chi connectivity index (χ0n) is 12.8. The smallest absolute Gasteiger partial charge is 0.333 e. The summed E-state index contributed by atoms with van der Waals surface area (Å²) >= 11 is 5.02. The molecule has 0 fully saturated rings. The average molecular weight is 312 g/mol. The van der Waals surface area contributed by atoms with Crippen LogP contribution in [0.1, 0.15) is 27.7 Å². The molecule has 0 saturated carbocycles. The second-order valence-corrected chi connectivity index (χ2v) is 5.99. The summed E-state index contributed by atoms with van der Waals surface area (Å²) in [7, 11) is 1.46. The van der Waals surface area contributed by atoms with Crippen LogP contribution >= 0.6 is 12.2 Å². The first-order valence-corrected chi connectivity index (χ1v) is 6.88. The SMILES string of the molecule is CC(ON(C)C(=O)C(C)(C)C)C(=O)On1ccccc1=S. The van der Waals surface area contributed by atoms with Crippen LogP contribution in [0.5, 0.6) is 0 Å². The second kappa shape index (κ2) is 6.82. The van der Waals surface area contributed by atoms with Crippen molar-refractivity contribution in [3.05, 3.63) is 29.0 Å². The van der Waals surface area contributed by atoms with Gasteiger partial charge in [-0.3, -0.25) is 9.63 Å². The molecule has 0 aliphatic heterocycles. The second-order valence-electron chi connectivity index (χ2n) is 5.58. The van der Waals surface area contributed by atoms with E-state index in [2.05, 4.69) is 0 Å². The van der Waals surface area contributed by atoms with Crippen molar-refractivity contribution >= 4 is 24.1 Å². The zero-order valence-corrected chi connectivity index (χ0v) is 13.6. The number of hydrogen-bond donors (Lipinski definition) is 0. The van der Waals surface area contributed by atoms with Crippen molar-refractivity contribution in [2.75, 3.05) is 7.05 Å². The highest BCUT2D eigenvalue weighted by Gasteiger charge is 2.28. The van der Waals surface area contributed by atoms with Crippen LogP contribution in [-0.2, 0) is 14.4 Å². The van der Waals surface area contributed by atoms with Gasteiger partial charge < -0.3 is 4.84 Å². The van der Waals surface area contributed by atoms with E-state index in [9.17, 15) is 9.59 Å². The molecule has 0 aromatic carbocycles. The molecule has 7 heteroatoms. The number of pyridine rings is 1. The first kappa shape index (κ1) is 17.3. The molecule has 0 N–H and O–H groups in total. The van der Waals surface area contributed by atoms with Crippen molar-refractivity contribution in [3.63, 3.8) is 0 Å². The molecule has 0 aliphatic carbocycles. The lowest BCUT2D eigenvalue weighted by molar-refractivity contribution is -0.210. The van der Waals surface area contributed by atoms with Gasteiger partial charge in [-0.1, -0.05) is 39.1 Å². The zero-order chi connectivity index (χ0) is 16.2. The molecule has 6 nitrogen and oxygen atoms in total. The third-order valence-corrected chi connectivity index (χ3v) is 2.87. The van der Waals surface area contributed by atoms with Crippen LogP contribution in [0.2, 0.25) is 0 Å². The van der Waals surface area contributed by atoms with Gasteiger partial charge in [0, 0.05) is 18.7 Å². The minimum atomic E-state index is -0.941. The van der Waals surface area contributed by atoms with Gasteiger partial charge in [-0.15, -0.1) is 0 Å². The largest absolute Gasteiger partial charge is 0.363 e. The van der Waals surface area contributed by atoms with E-state index >= 15 is 0 Å². The molecule has 0 spiro atoms. The lowest BCUT2D eigenvalue weighted by Crippen LogP contribution is -2.42. The molecule has 1 rings (SSSR count). The van der Waals surface area contributed by atoms with Gasteiger partial charge in [0.05, 0.1) is 0 Å². The highest BCUT2D eigenvalue weighted by Crippen LogP contribution is 2.17. The number of hydrogen-bond acceptors (Lipinski definition) is 5. The fraction of sp³-hybridized carbons (Fsp3) is 0.500. The van der Waals surface area contributed by atoms with E-state index in [1.165, 1.54) is 24.9 Å². The lowest BCUT2D eigenvalue weighted by atomic mass is 9.96. The molecule has 1 atom stereocenters. The quantitative estimate of drug-likeness (QED) is 0.628. The Morgan fingerprint density at radius 3 is 2.48 bits per heavy atom. The molecule has 1 unspecified atom stereocenters. The first-order chi connectivity index (χ1) is 9.62. The predicted octanol–water partition coefficient (Wildman–Crippen LogP) is 2.00. The summed E-state index contributed by atoms with van der Waals surface area (Å²) in [5, 5.41) is 1.05. The van der Waals surface area contributed by atoms with Crippen LogP contribution < -0.4 is 4.84 Å². The molecule has 1 aromatic heterocycles. The fourth-order valence-corrected chi connectivity index (χ4v) is 1.64. The Morgan fingerprint density at radius 2 is 1.95 bits per heavy atom. The summed E-state index contributed by atoms with van der Waals surface area (Å²) in [6.45, 7) is 6.80. The number of aromatic nitrogens is 1. The summed E-state index contributed by atoms with van der Waals surface area (Å²) in [6, 6.07) is 5.05. The van der Waals surface area contributed by atoms with E-state index in [4.69, 9.17) is 21.9 Å². The first-order valence-electron chi connectivity index (χ1n) is 6.47. The molecule has 1 aromatic rings. The van der Waals surface area contributed by atoms with Crippen LogP contribution in [0.25, 0.3) is 0 Å². The molecule has 0 radical (unpaired) electrons. The van der Waals surface area contributed by atoms with Crippen LogP contribution in [0, 0.1) is 10.1 Å². The van der Waals surface area contributed by atoms with Crippen molar-refractivity contribution < 1.29 is 19.3 Å². The van der Waals surface area contributed by atoms with Crippen LogP contribution in [0.15, 0.2) is 24.4 Å². The maximum Gasteiger partial charge on any atom is 0.363 e. The van der Waals surface area contributed by atoms with Gasteiger partial charge in [-0.25, -0.2) is 9.86 Å². The highest BCUT2D eigenvalue weighted by molar-refractivity contribution is 7.71. The number of carbonyl (C=O) groups is 2. The predicted molar refractivity (Wildman–Crippen MR) is 79.6 cm³/mol. The third kappa shape index (κ3) is 4.95. The van der Waals surface area contributed by atoms with Gasteiger partial charge in [0.1, 0.15) is 4.64 Å². The lowest BCUT2D eigenvalue weighted by Gasteiger charge is -2.26. The summed E-state index contributed by atoms with van der Waals surface area (Å²) < 4.78 is 1.53. The highest BCUT2D eigenvalue weighted by atomic mass is 32.1. The van der Waals surface area contributed by atoms with Crippen molar-refractivity contribution in [2.45, 2.75) is 33.8 Å². The number of amides is 1. The number of hydroxylamine groups is 2. The maximum atomic E-state index is 12.0. The Kier molecular flexibility index (Phi) is 5.62. The third-order valence-electron chi connectivity index (χ3n) is 2.55. The Balaban J connectivity index is 2.66. The standard InChI is InChI=1S/C14H20N2O4S/c1-10(19-15(5)13(18)14(2,3)4)12(17)20-16-9-7-6-8-11(16)21/h6-10H,1-5H3. The molecular weight excluding hydrogens is 292 g/mol. The average Bonchev–Trinajstić information content (AvgIpc) is 2.39. The van der Waals surface area contributed by atoms with E-state index in [0.717, 1.165) is 5.06 Å². The molecule has 21 heavy (non-hydrogen) atoms. The van der Waals surface area contributed by atoms with Crippen LogP contribution in [0.4, 0.5) is 0 Å². The van der Waals surface area contributed by atoms with E-state index in [1.54, 1.807) is 39.0 Å². The minimum absolute atomic E-state index is 0.238. The number of carbonyl (C=O) groups excluding carboxylic acids is 2. The summed E-state index contributed by atoms with van der Waals surface area (Å²) in [5.41, 5.74) is -0.597. The Morgan fingerprint density at radius 1 is 1.33 bits per heavy atom. The maximum absolute atomic E-state index is 12.0. The molecule has 1 amide bonds. The number of nitrogens with zero attached hydrogens (tertiary/aromatic N) is 2. The normalized spacial score (nSPS) is 12.6. The summed E-state index contributed by atoms with van der Waals surface area (Å²) in [4.78, 5) is 34.2. The minimum Gasteiger partial charge on any atom is -0.333 e. The molecular formula is C14H20N2O4S. The molecule has 0 bridgehead atoms. The van der Waals surface area contributed by atoms with E-state index < -0.39 is 17.5 Å². The van der Waals surface area contributed by atoms with Crippen molar-refractivity contribution in [2.24, 2.45) is 5.41 Å². The van der Waals surface area contributed by atoms with Gasteiger partial charge in [-0.05, 0) is 19.1 Å². The summed E-state index contributed by atoms with van der Waals surface area (Å²) in [5.74, 6) is -0.885. The summed E-state index contributed by atoms with van der Waals surface area (Å²) in [6.07, 6.45) is 0.583. The van der Waals surface area contributed by atoms with E-state index in [-0.39, 0.29) is 5.91 Å². The van der Waals surface area contributed by atoms with Gasteiger partial charge in [0.15, 0.2) is 6.10 Å². The van der Waals surface area contributed by atoms with Crippen LogP contribution in [-0.4, -0.2) is 34.8 Å². The van der Waals surface area contributed by atoms with Gasteiger partial charge in [0.25, 0.3) is 5.91 Å². The Bertz CT molecular complexity index is 577. The molecule has 116 valence electrons. The van der Waals surface area contributed by atoms with Crippen LogP contribution in [0.3, 0.4) is 0 Å².